The lowest BCUT2D eigenvalue weighted by atomic mass is 10.1. The molecule has 1 aliphatic heterocycles. The summed E-state index contributed by atoms with van der Waals surface area (Å²) in [7, 11) is 0. The van der Waals surface area contributed by atoms with Crippen molar-refractivity contribution in [2.24, 2.45) is 5.16 Å². The van der Waals surface area contributed by atoms with Gasteiger partial charge in [0.15, 0.2) is 6.61 Å². The molecule has 2 rings (SSSR count). The minimum atomic E-state index is 0.0614. The molecule has 1 fully saturated rings. The Morgan fingerprint density at radius 1 is 1.29 bits per heavy atom. The third-order valence-electron chi connectivity index (χ3n) is 3.69. The fourth-order valence-corrected chi connectivity index (χ4v) is 2.33. The van der Waals surface area contributed by atoms with E-state index in [0.717, 1.165) is 44.3 Å². The zero-order valence-corrected chi connectivity index (χ0v) is 12.4. The molecule has 0 bridgehead atoms. The van der Waals surface area contributed by atoms with Gasteiger partial charge in [0.1, 0.15) is 5.75 Å². The van der Waals surface area contributed by atoms with Crippen molar-refractivity contribution in [2.45, 2.75) is 32.6 Å². The van der Waals surface area contributed by atoms with Gasteiger partial charge in [0.05, 0.1) is 5.71 Å². The number of nitrogens with zero attached hydrogens (tertiary/aromatic N) is 2. The average molecular weight is 290 g/mol. The molecule has 5 nitrogen and oxygen atoms in total. The van der Waals surface area contributed by atoms with Gasteiger partial charge in [0, 0.05) is 13.1 Å². The standard InChI is InChI=1S/C16H22N2O3/c1-13(17-20)4-5-14-6-8-15(9-7-14)21-12-16(19)18-10-2-3-11-18/h6-9,20H,2-5,10-12H2,1H3/b17-13+. The molecule has 0 spiro atoms. The first-order valence-electron chi connectivity index (χ1n) is 7.36. The summed E-state index contributed by atoms with van der Waals surface area (Å²) in [6.45, 7) is 3.61. The van der Waals surface area contributed by atoms with Crippen LogP contribution in [0.4, 0.5) is 0 Å². The number of carbonyl (C=O) groups excluding carboxylic acids is 1. The molecule has 0 atom stereocenters. The van der Waals surface area contributed by atoms with E-state index in [9.17, 15) is 4.79 Å². The minimum absolute atomic E-state index is 0.0614. The van der Waals surface area contributed by atoms with Gasteiger partial charge in [0.2, 0.25) is 0 Å². The lowest BCUT2D eigenvalue weighted by molar-refractivity contribution is -0.132. The van der Waals surface area contributed by atoms with E-state index in [1.807, 2.05) is 29.2 Å². The minimum Gasteiger partial charge on any atom is -0.484 e. The molecule has 0 unspecified atom stereocenters. The molecule has 5 heteroatoms. The first-order chi connectivity index (χ1) is 10.2. The third kappa shape index (κ3) is 4.77. The van der Waals surface area contributed by atoms with Gasteiger partial charge in [-0.3, -0.25) is 4.79 Å². The Morgan fingerprint density at radius 2 is 1.95 bits per heavy atom. The van der Waals surface area contributed by atoms with Crippen molar-refractivity contribution in [1.82, 2.24) is 4.90 Å². The van der Waals surface area contributed by atoms with Crippen LogP contribution in [0.25, 0.3) is 0 Å². The molecule has 1 aromatic rings. The number of hydrogen-bond acceptors (Lipinski definition) is 4. The van der Waals surface area contributed by atoms with Crippen LogP contribution < -0.4 is 4.74 Å². The first-order valence-corrected chi connectivity index (χ1v) is 7.36. The van der Waals surface area contributed by atoms with Crippen molar-refractivity contribution in [1.29, 1.82) is 0 Å². The molecule has 21 heavy (non-hydrogen) atoms. The summed E-state index contributed by atoms with van der Waals surface area (Å²) in [4.78, 5) is 13.7. The molecule has 1 aromatic carbocycles. The maximum atomic E-state index is 11.9. The highest BCUT2D eigenvalue weighted by atomic mass is 16.5. The summed E-state index contributed by atoms with van der Waals surface area (Å²) >= 11 is 0. The summed E-state index contributed by atoms with van der Waals surface area (Å²) in [6, 6.07) is 7.69. The molecular weight excluding hydrogens is 268 g/mol. The van der Waals surface area contributed by atoms with Crippen LogP contribution in [0, 0.1) is 0 Å². The summed E-state index contributed by atoms with van der Waals surface area (Å²) in [6.07, 6.45) is 3.74. The number of benzene rings is 1. The number of hydrogen-bond donors (Lipinski definition) is 1. The maximum Gasteiger partial charge on any atom is 0.260 e. The van der Waals surface area contributed by atoms with Gasteiger partial charge in [-0.1, -0.05) is 17.3 Å². The van der Waals surface area contributed by atoms with E-state index in [-0.39, 0.29) is 12.5 Å². The summed E-state index contributed by atoms with van der Waals surface area (Å²) in [5.74, 6) is 0.769. The van der Waals surface area contributed by atoms with Gasteiger partial charge < -0.3 is 14.8 Å². The number of ether oxygens (including phenoxy) is 1. The van der Waals surface area contributed by atoms with E-state index < -0.39 is 0 Å². The zero-order valence-electron chi connectivity index (χ0n) is 12.4. The summed E-state index contributed by atoms with van der Waals surface area (Å²) in [5.41, 5.74) is 1.86. The van der Waals surface area contributed by atoms with Crippen LogP contribution in [0.1, 0.15) is 31.7 Å². The molecule has 1 heterocycles. The van der Waals surface area contributed by atoms with Crippen molar-refractivity contribution in [3.05, 3.63) is 29.8 Å². The van der Waals surface area contributed by atoms with Crippen LogP contribution in [0.5, 0.6) is 5.75 Å². The molecular formula is C16H22N2O3. The normalized spacial score (nSPS) is 15.3. The maximum absolute atomic E-state index is 11.9. The molecule has 0 aliphatic carbocycles. The van der Waals surface area contributed by atoms with E-state index in [2.05, 4.69) is 5.16 Å². The lowest BCUT2D eigenvalue weighted by Gasteiger charge is -2.15. The quantitative estimate of drug-likeness (QED) is 0.497. The predicted molar refractivity (Wildman–Crippen MR) is 81.0 cm³/mol. The highest BCUT2D eigenvalue weighted by Crippen LogP contribution is 2.14. The highest BCUT2D eigenvalue weighted by Gasteiger charge is 2.17. The van der Waals surface area contributed by atoms with Crippen molar-refractivity contribution < 1.29 is 14.7 Å². The van der Waals surface area contributed by atoms with Crippen molar-refractivity contribution >= 4 is 11.6 Å². The number of oxime groups is 1. The first kappa shape index (κ1) is 15.4. The van der Waals surface area contributed by atoms with E-state index in [1.165, 1.54) is 0 Å². The zero-order chi connectivity index (χ0) is 15.1. The van der Waals surface area contributed by atoms with Gasteiger partial charge in [-0.25, -0.2) is 0 Å². The van der Waals surface area contributed by atoms with Crippen LogP contribution >= 0.6 is 0 Å². The monoisotopic (exact) mass is 290 g/mol. The fourth-order valence-electron chi connectivity index (χ4n) is 2.33. The van der Waals surface area contributed by atoms with E-state index >= 15 is 0 Å². The summed E-state index contributed by atoms with van der Waals surface area (Å²) < 4.78 is 5.53. The van der Waals surface area contributed by atoms with Gasteiger partial charge in [-0.05, 0) is 50.3 Å². The Morgan fingerprint density at radius 3 is 2.57 bits per heavy atom. The molecule has 114 valence electrons. The van der Waals surface area contributed by atoms with Crippen LogP contribution in [0.2, 0.25) is 0 Å². The van der Waals surface area contributed by atoms with Crippen LogP contribution in [0.3, 0.4) is 0 Å². The average Bonchev–Trinajstić information content (AvgIpc) is 3.05. The van der Waals surface area contributed by atoms with Gasteiger partial charge in [-0.15, -0.1) is 0 Å². The Hall–Kier alpha value is -2.04. The topological polar surface area (TPSA) is 62.1 Å². The fraction of sp³-hybridized carbons (Fsp3) is 0.500. The Kier molecular flexibility index (Phi) is 5.60. The van der Waals surface area contributed by atoms with E-state index in [4.69, 9.17) is 9.94 Å². The lowest BCUT2D eigenvalue weighted by Crippen LogP contribution is -2.32. The van der Waals surface area contributed by atoms with Crippen LogP contribution in [-0.2, 0) is 11.2 Å². The van der Waals surface area contributed by atoms with E-state index in [1.54, 1.807) is 6.92 Å². The Labute approximate surface area is 125 Å². The molecule has 1 saturated heterocycles. The van der Waals surface area contributed by atoms with Crippen molar-refractivity contribution in [3.8, 4) is 5.75 Å². The van der Waals surface area contributed by atoms with E-state index in [0.29, 0.717) is 11.5 Å². The molecule has 1 N–H and O–H groups in total. The second kappa shape index (κ2) is 7.67. The van der Waals surface area contributed by atoms with Crippen LogP contribution in [-0.4, -0.2) is 41.4 Å². The van der Waals surface area contributed by atoms with Gasteiger partial charge >= 0.3 is 0 Å². The molecule has 0 aromatic heterocycles. The predicted octanol–water partition coefficient (Wildman–Crippen LogP) is 2.47. The largest absolute Gasteiger partial charge is 0.484 e. The second-order valence-electron chi connectivity index (χ2n) is 5.36. The van der Waals surface area contributed by atoms with Crippen molar-refractivity contribution in [3.63, 3.8) is 0 Å². The number of amides is 1. The molecule has 0 saturated carbocycles. The third-order valence-corrected chi connectivity index (χ3v) is 3.69. The number of rotatable bonds is 6. The molecule has 1 aliphatic rings. The number of carbonyl (C=O) groups is 1. The molecule has 1 amide bonds. The van der Waals surface area contributed by atoms with Gasteiger partial charge in [0.25, 0.3) is 5.91 Å². The molecule has 0 radical (unpaired) electrons. The highest BCUT2D eigenvalue weighted by molar-refractivity contribution is 5.81. The second-order valence-corrected chi connectivity index (χ2v) is 5.36. The van der Waals surface area contributed by atoms with Crippen LogP contribution in [0.15, 0.2) is 29.4 Å². The number of likely N-dealkylation sites (tertiary alicyclic amines) is 1. The Bertz CT molecular complexity index is 491. The van der Waals surface area contributed by atoms with Crippen molar-refractivity contribution in [2.75, 3.05) is 19.7 Å². The smallest absolute Gasteiger partial charge is 0.260 e. The summed E-state index contributed by atoms with van der Waals surface area (Å²) in [5, 5.41) is 11.8. The van der Waals surface area contributed by atoms with Gasteiger partial charge in [-0.2, -0.15) is 0 Å². The Balaban J connectivity index is 1.78. The number of aryl methyl sites for hydroxylation is 1. The SMILES string of the molecule is C/C(CCc1ccc(OCC(=O)N2CCCC2)cc1)=N\O.